The maximum absolute atomic E-state index is 13.7. The lowest BCUT2D eigenvalue weighted by molar-refractivity contribution is 0.416. The first kappa shape index (κ1) is 23.0. The summed E-state index contributed by atoms with van der Waals surface area (Å²) in [5, 5.41) is 0. The number of para-hydroxylation sites is 1. The summed E-state index contributed by atoms with van der Waals surface area (Å²) in [6, 6.07) is 7.72. The number of nitrogens with zero attached hydrogens (tertiary/aromatic N) is 1. The minimum absolute atomic E-state index is 0.441. The smallest absolute Gasteiger partial charge is 0.141 e. The molecular weight excluding hydrogens is 353 g/mol. The van der Waals surface area contributed by atoms with Crippen LogP contribution in [0, 0.1) is 0 Å². The molecule has 0 amide bonds. The van der Waals surface area contributed by atoms with Crippen molar-refractivity contribution < 1.29 is 9.13 Å². The second kappa shape index (κ2) is 11.6. The summed E-state index contributed by atoms with van der Waals surface area (Å²) < 4.78 is 19.2. The van der Waals surface area contributed by atoms with Crippen LogP contribution in [-0.4, -0.2) is 25.4 Å². The van der Waals surface area contributed by atoms with Gasteiger partial charge in [-0.3, -0.25) is 4.99 Å². The van der Waals surface area contributed by atoms with Gasteiger partial charge in [-0.25, -0.2) is 4.39 Å². The average molecular weight is 384 g/mol. The first-order valence-electron chi connectivity index (χ1n) is 9.31. The molecule has 0 saturated heterocycles. The number of nitrogens with two attached hydrogens (primary N) is 1. The monoisotopic (exact) mass is 383 g/mol. The molecule has 0 aliphatic heterocycles. The number of aromatic amines is 1. The van der Waals surface area contributed by atoms with Crippen LogP contribution in [0.5, 0.6) is 5.75 Å². The maximum Gasteiger partial charge on any atom is 0.141 e. The van der Waals surface area contributed by atoms with Crippen molar-refractivity contribution in [3.8, 4) is 16.9 Å². The van der Waals surface area contributed by atoms with E-state index in [9.17, 15) is 4.39 Å². The first-order chi connectivity index (χ1) is 13.5. The molecule has 4 nitrogen and oxygen atoms in total. The van der Waals surface area contributed by atoms with Gasteiger partial charge in [-0.15, -0.1) is 0 Å². The number of allylic oxidation sites excluding steroid dienone is 4. The Balaban J connectivity index is 0.00000190. The molecule has 0 atom stereocenters. The number of ether oxygens (including phenoxy) is 1. The summed E-state index contributed by atoms with van der Waals surface area (Å²) in [5.74, 6) is 0.844. The van der Waals surface area contributed by atoms with E-state index in [0.717, 1.165) is 34.2 Å². The number of benzene rings is 1. The van der Waals surface area contributed by atoms with Crippen LogP contribution in [0.4, 0.5) is 10.2 Å². The standard InChI is InChI=1S/C21H24FN3O.C2H6/c1-5-15(14(2)10-16(22)12-24-3)11-18-19(13-25-21(18)23)17-8-6-7-9-20(17)26-4;1-2/h6-13,25H,2,5,23H2,1,3-4H3;1-2H3/b15-11+,16-10+,24-12?;. The molecule has 2 aromatic rings. The Morgan fingerprint density at radius 1 is 1.29 bits per heavy atom. The Kier molecular flexibility index (Phi) is 9.51. The summed E-state index contributed by atoms with van der Waals surface area (Å²) in [6.07, 6.45) is 6.98. The van der Waals surface area contributed by atoms with Gasteiger partial charge in [0.1, 0.15) is 17.4 Å². The fraction of sp³-hybridized carbons (Fsp3) is 0.261. The number of rotatable bonds is 7. The van der Waals surface area contributed by atoms with Gasteiger partial charge < -0.3 is 15.5 Å². The van der Waals surface area contributed by atoms with Crippen molar-refractivity contribution >= 4 is 18.1 Å². The predicted octanol–water partition coefficient (Wildman–Crippen LogP) is 6.20. The number of anilines is 1. The van der Waals surface area contributed by atoms with Crippen LogP contribution in [0.15, 0.2) is 65.1 Å². The molecule has 28 heavy (non-hydrogen) atoms. The van der Waals surface area contributed by atoms with Crippen molar-refractivity contribution in [2.75, 3.05) is 19.9 Å². The van der Waals surface area contributed by atoms with Crippen LogP contribution in [0.1, 0.15) is 32.8 Å². The zero-order valence-electron chi connectivity index (χ0n) is 17.3. The minimum Gasteiger partial charge on any atom is -0.496 e. The molecule has 1 heterocycles. The molecule has 0 aliphatic rings. The molecule has 0 spiro atoms. The number of H-pyrrole nitrogens is 1. The summed E-state index contributed by atoms with van der Waals surface area (Å²) >= 11 is 0. The van der Waals surface area contributed by atoms with E-state index in [2.05, 4.69) is 16.6 Å². The fourth-order valence-electron chi connectivity index (χ4n) is 2.71. The number of hydrogen-bond donors (Lipinski definition) is 2. The van der Waals surface area contributed by atoms with Crippen LogP contribution in [0.3, 0.4) is 0 Å². The average Bonchev–Trinajstić information content (AvgIpc) is 3.07. The number of hydrogen-bond acceptors (Lipinski definition) is 3. The Hall–Kier alpha value is -3.08. The molecule has 0 aliphatic carbocycles. The van der Waals surface area contributed by atoms with Crippen LogP contribution in [0.25, 0.3) is 17.2 Å². The molecule has 150 valence electrons. The van der Waals surface area contributed by atoms with E-state index in [1.165, 1.54) is 13.1 Å². The summed E-state index contributed by atoms with van der Waals surface area (Å²) in [4.78, 5) is 6.72. The second-order valence-electron chi connectivity index (χ2n) is 5.69. The third-order valence-electron chi connectivity index (χ3n) is 4.03. The van der Waals surface area contributed by atoms with E-state index in [-0.39, 0.29) is 0 Å². The molecule has 0 saturated carbocycles. The minimum atomic E-state index is -0.441. The molecule has 1 aromatic carbocycles. The van der Waals surface area contributed by atoms with E-state index >= 15 is 0 Å². The number of nitrogen functional groups attached to an aromatic ring is 1. The second-order valence-corrected chi connectivity index (χ2v) is 5.69. The number of aromatic nitrogens is 1. The van der Waals surface area contributed by atoms with Crippen molar-refractivity contribution in [1.29, 1.82) is 0 Å². The van der Waals surface area contributed by atoms with Crippen molar-refractivity contribution in [3.05, 3.63) is 65.7 Å². The molecule has 2 rings (SSSR count). The van der Waals surface area contributed by atoms with Gasteiger partial charge >= 0.3 is 0 Å². The van der Waals surface area contributed by atoms with Gasteiger partial charge in [0.2, 0.25) is 0 Å². The largest absolute Gasteiger partial charge is 0.496 e. The first-order valence-corrected chi connectivity index (χ1v) is 9.31. The molecule has 0 bridgehead atoms. The highest BCUT2D eigenvalue weighted by Crippen LogP contribution is 2.36. The van der Waals surface area contributed by atoms with Crippen molar-refractivity contribution in [3.63, 3.8) is 0 Å². The van der Waals surface area contributed by atoms with Gasteiger partial charge in [-0.05, 0) is 35.8 Å². The highest BCUT2D eigenvalue weighted by molar-refractivity contribution is 5.85. The molecule has 3 N–H and O–H groups in total. The van der Waals surface area contributed by atoms with Crippen molar-refractivity contribution in [2.24, 2.45) is 4.99 Å². The lowest BCUT2D eigenvalue weighted by atomic mass is 9.97. The highest BCUT2D eigenvalue weighted by atomic mass is 19.1. The molecule has 0 unspecified atom stereocenters. The predicted molar refractivity (Wildman–Crippen MR) is 120 cm³/mol. The quantitative estimate of drug-likeness (QED) is 0.441. The molecule has 0 fully saturated rings. The number of nitrogens with one attached hydrogen (secondary N) is 1. The summed E-state index contributed by atoms with van der Waals surface area (Å²) in [7, 11) is 3.15. The van der Waals surface area contributed by atoms with E-state index in [0.29, 0.717) is 17.8 Å². The zero-order chi connectivity index (χ0) is 21.1. The van der Waals surface area contributed by atoms with Crippen LogP contribution < -0.4 is 10.5 Å². The van der Waals surface area contributed by atoms with E-state index in [4.69, 9.17) is 10.5 Å². The van der Waals surface area contributed by atoms with Crippen LogP contribution in [-0.2, 0) is 0 Å². The lowest BCUT2D eigenvalue weighted by Crippen LogP contribution is -1.92. The topological polar surface area (TPSA) is 63.4 Å². The Labute approximate surface area is 167 Å². The molecule has 5 heteroatoms. The SMILES string of the molecule is C=C(/C=C(/F)C=NC)/C(=C/c1c(-c2ccccc2OC)c[nH]c1N)CC.CC. The van der Waals surface area contributed by atoms with Crippen molar-refractivity contribution in [1.82, 2.24) is 4.98 Å². The van der Waals surface area contributed by atoms with Gasteiger partial charge in [0, 0.05) is 29.9 Å². The number of halogens is 1. The lowest BCUT2D eigenvalue weighted by Gasteiger charge is -2.10. The normalized spacial score (nSPS) is 11.9. The van der Waals surface area contributed by atoms with E-state index in [1.54, 1.807) is 7.11 Å². The zero-order valence-corrected chi connectivity index (χ0v) is 17.3. The molecule has 1 aromatic heterocycles. The van der Waals surface area contributed by atoms with Gasteiger partial charge in [-0.1, -0.05) is 45.5 Å². The Bertz CT molecular complexity index is 876. The maximum atomic E-state index is 13.7. The Morgan fingerprint density at radius 3 is 2.57 bits per heavy atom. The molecular formula is C23H30FN3O. The number of aliphatic imine (C=N–C) groups is 1. The van der Waals surface area contributed by atoms with E-state index < -0.39 is 5.83 Å². The van der Waals surface area contributed by atoms with Gasteiger partial charge in [0.05, 0.1) is 13.3 Å². The van der Waals surface area contributed by atoms with Crippen molar-refractivity contribution in [2.45, 2.75) is 27.2 Å². The van der Waals surface area contributed by atoms with Crippen LogP contribution >= 0.6 is 0 Å². The molecule has 0 radical (unpaired) electrons. The highest BCUT2D eigenvalue weighted by Gasteiger charge is 2.14. The van der Waals surface area contributed by atoms with E-state index in [1.807, 2.05) is 57.3 Å². The summed E-state index contributed by atoms with van der Waals surface area (Å²) in [6.45, 7) is 9.96. The van der Waals surface area contributed by atoms with Gasteiger partial charge in [0.15, 0.2) is 0 Å². The van der Waals surface area contributed by atoms with Crippen LogP contribution in [0.2, 0.25) is 0 Å². The van der Waals surface area contributed by atoms with Gasteiger partial charge in [-0.2, -0.15) is 0 Å². The Morgan fingerprint density at radius 2 is 1.96 bits per heavy atom. The van der Waals surface area contributed by atoms with Gasteiger partial charge in [0.25, 0.3) is 0 Å². The third-order valence-corrected chi connectivity index (χ3v) is 4.03. The third kappa shape index (κ3) is 5.71. The number of methoxy groups -OCH3 is 1. The summed E-state index contributed by atoms with van der Waals surface area (Å²) in [5.41, 5.74) is 10.3. The fourth-order valence-corrected chi connectivity index (χ4v) is 2.71.